The van der Waals surface area contributed by atoms with E-state index in [4.69, 9.17) is 5.73 Å². The lowest BCUT2D eigenvalue weighted by Gasteiger charge is -2.12. The zero-order chi connectivity index (χ0) is 12.4. The van der Waals surface area contributed by atoms with Gasteiger partial charge in [0.05, 0.1) is 0 Å². The first-order chi connectivity index (χ1) is 8.92. The molecule has 1 aliphatic carbocycles. The van der Waals surface area contributed by atoms with Gasteiger partial charge in [-0.2, -0.15) is 0 Å². The van der Waals surface area contributed by atoms with Crippen LogP contribution in [0.5, 0.6) is 0 Å². The summed E-state index contributed by atoms with van der Waals surface area (Å²) in [6.07, 6.45) is 3.55. The van der Waals surface area contributed by atoms with Crippen LogP contribution in [0.3, 0.4) is 0 Å². The van der Waals surface area contributed by atoms with Gasteiger partial charge in [0.25, 0.3) is 0 Å². The molecule has 0 unspecified atom stereocenters. The normalized spacial score (nSPS) is 13.4. The summed E-state index contributed by atoms with van der Waals surface area (Å²) >= 11 is 0. The molecule has 3 rings (SSSR count). The molecule has 0 aromatic heterocycles. The fourth-order valence-electron chi connectivity index (χ4n) is 3.06. The maximum absolute atomic E-state index is 5.60. The lowest BCUT2D eigenvalue weighted by atomic mass is 9.91. The molecule has 0 spiro atoms. The minimum Gasteiger partial charge on any atom is -0.330 e. The molecule has 18 heavy (non-hydrogen) atoms. The predicted molar refractivity (Wildman–Crippen MR) is 76.6 cm³/mol. The summed E-state index contributed by atoms with van der Waals surface area (Å²) in [5, 5.41) is 0. The van der Waals surface area contributed by atoms with E-state index in [-0.39, 0.29) is 0 Å². The summed E-state index contributed by atoms with van der Waals surface area (Å²) in [5.74, 6) is 0.573. The van der Waals surface area contributed by atoms with Crippen molar-refractivity contribution < 1.29 is 0 Å². The number of nitrogens with two attached hydrogens (primary N) is 1. The number of rotatable bonds is 4. The molecule has 0 bridgehead atoms. The van der Waals surface area contributed by atoms with Crippen molar-refractivity contribution in [3.63, 3.8) is 0 Å². The smallest absolute Gasteiger partial charge is 0.0102 e. The molecular formula is C17H19N. The number of unbranched alkanes of at least 4 members (excludes halogenated alkanes) is 1. The quantitative estimate of drug-likeness (QED) is 0.801. The van der Waals surface area contributed by atoms with E-state index >= 15 is 0 Å². The number of hydrogen-bond donors (Lipinski definition) is 1. The fourth-order valence-corrected chi connectivity index (χ4v) is 3.06. The first kappa shape index (κ1) is 11.5. The monoisotopic (exact) mass is 237 g/mol. The van der Waals surface area contributed by atoms with E-state index in [0.29, 0.717) is 5.92 Å². The van der Waals surface area contributed by atoms with Crippen molar-refractivity contribution in [3.8, 4) is 11.1 Å². The Labute approximate surface area is 109 Å². The second-order valence-corrected chi connectivity index (χ2v) is 5.01. The van der Waals surface area contributed by atoms with E-state index in [1.165, 1.54) is 35.1 Å². The van der Waals surface area contributed by atoms with Crippen molar-refractivity contribution in [2.45, 2.75) is 25.2 Å². The zero-order valence-corrected chi connectivity index (χ0v) is 10.6. The van der Waals surface area contributed by atoms with Crippen molar-refractivity contribution in [1.29, 1.82) is 0 Å². The van der Waals surface area contributed by atoms with Gasteiger partial charge in [-0.25, -0.2) is 0 Å². The molecule has 0 saturated heterocycles. The summed E-state index contributed by atoms with van der Waals surface area (Å²) in [4.78, 5) is 0. The molecule has 0 heterocycles. The van der Waals surface area contributed by atoms with Crippen LogP contribution in [0.1, 0.15) is 36.3 Å². The molecule has 92 valence electrons. The van der Waals surface area contributed by atoms with Gasteiger partial charge in [-0.05, 0) is 41.6 Å². The van der Waals surface area contributed by atoms with Gasteiger partial charge in [0.2, 0.25) is 0 Å². The van der Waals surface area contributed by atoms with Crippen molar-refractivity contribution in [3.05, 3.63) is 59.7 Å². The molecule has 0 atom stereocenters. The molecule has 1 aliphatic rings. The van der Waals surface area contributed by atoms with Crippen molar-refractivity contribution >= 4 is 0 Å². The standard InChI is InChI=1S/C17H19N/c18-12-6-5-11-17-15-9-3-1-7-13(15)14-8-2-4-10-16(14)17/h1-4,7-10,17H,5-6,11-12,18H2. The summed E-state index contributed by atoms with van der Waals surface area (Å²) in [6.45, 7) is 0.802. The fraction of sp³-hybridized carbons (Fsp3) is 0.294. The Kier molecular flexibility index (Phi) is 3.16. The second kappa shape index (κ2) is 4.95. The van der Waals surface area contributed by atoms with Gasteiger partial charge in [-0.15, -0.1) is 0 Å². The van der Waals surface area contributed by atoms with Gasteiger partial charge >= 0.3 is 0 Å². The third-order valence-corrected chi connectivity index (χ3v) is 3.91. The molecule has 2 aromatic carbocycles. The molecule has 0 aliphatic heterocycles. The number of hydrogen-bond acceptors (Lipinski definition) is 1. The van der Waals surface area contributed by atoms with Crippen molar-refractivity contribution in [2.75, 3.05) is 6.54 Å². The second-order valence-electron chi connectivity index (χ2n) is 5.01. The lowest BCUT2D eigenvalue weighted by molar-refractivity contribution is 0.639. The summed E-state index contributed by atoms with van der Waals surface area (Å²) in [7, 11) is 0. The SMILES string of the molecule is NCCCCC1c2ccccc2-c2ccccc21. The Morgan fingerprint density at radius 1 is 0.778 bits per heavy atom. The van der Waals surface area contributed by atoms with Gasteiger partial charge in [0.15, 0.2) is 0 Å². The Bertz CT molecular complexity index is 499. The van der Waals surface area contributed by atoms with Crippen LogP contribution in [0, 0.1) is 0 Å². The van der Waals surface area contributed by atoms with Crippen LogP contribution in [0.4, 0.5) is 0 Å². The van der Waals surface area contributed by atoms with Gasteiger partial charge in [0, 0.05) is 5.92 Å². The maximum atomic E-state index is 5.60. The highest BCUT2D eigenvalue weighted by Gasteiger charge is 2.26. The van der Waals surface area contributed by atoms with Crippen LogP contribution in [0.15, 0.2) is 48.5 Å². The first-order valence-corrected chi connectivity index (χ1v) is 6.80. The van der Waals surface area contributed by atoms with E-state index < -0.39 is 0 Å². The first-order valence-electron chi connectivity index (χ1n) is 6.80. The Morgan fingerprint density at radius 2 is 1.33 bits per heavy atom. The van der Waals surface area contributed by atoms with Gasteiger partial charge in [-0.3, -0.25) is 0 Å². The predicted octanol–water partition coefficient (Wildman–Crippen LogP) is 3.93. The number of fused-ring (bicyclic) bond motifs is 3. The molecule has 1 heteroatoms. The molecule has 0 saturated carbocycles. The summed E-state index contributed by atoms with van der Waals surface area (Å²) in [5.41, 5.74) is 11.4. The topological polar surface area (TPSA) is 26.0 Å². The molecule has 1 nitrogen and oxygen atoms in total. The average Bonchev–Trinajstić information content (AvgIpc) is 2.74. The van der Waals surface area contributed by atoms with Crippen LogP contribution in [-0.2, 0) is 0 Å². The molecule has 2 N–H and O–H groups in total. The molecule has 2 aromatic rings. The van der Waals surface area contributed by atoms with Crippen LogP contribution in [0.2, 0.25) is 0 Å². The highest BCUT2D eigenvalue weighted by atomic mass is 14.5. The maximum Gasteiger partial charge on any atom is 0.0102 e. The Morgan fingerprint density at radius 3 is 1.89 bits per heavy atom. The largest absolute Gasteiger partial charge is 0.330 e. The lowest BCUT2D eigenvalue weighted by Crippen LogP contribution is -2.01. The summed E-state index contributed by atoms with van der Waals surface area (Å²) in [6, 6.07) is 17.6. The van der Waals surface area contributed by atoms with E-state index in [1.807, 2.05) is 0 Å². The third-order valence-electron chi connectivity index (χ3n) is 3.91. The van der Waals surface area contributed by atoms with E-state index in [0.717, 1.165) is 13.0 Å². The highest BCUT2D eigenvalue weighted by molar-refractivity contribution is 5.78. The zero-order valence-electron chi connectivity index (χ0n) is 10.6. The molecular weight excluding hydrogens is 218 g/mol. The van der Waals surface area contributed by atoms with Crippen LogP contribution < -0.4 is 5.73 Å². The van der Waals surface area contributed by atoms with Gasteiger partial charge < -0.3 is 5.73 Å². The molecule has 0 amide bonds. The van der Waals surface area contributed by atoms with E-state index in [1.54, 1.807) is 0 Å². The summed E-state index contributed by atoms with van der Waals surface area (Å²) < 4.78 is 0. The molecule has 0 fully saturated rings. The molecule has 0 radical (unpaired) electrons. The van der Waals surface area contributed by atoms with E-state index in [2.05, 4.69) is 48.5 Å². The van der Waals surface area contributed by atoms with Crippen molar-refractivity contribution in [2.24, 2.45) is 5.73 Å². The van der Waals surface area contributed by atoms with Crippen LogP contribution in [0.25, 0.3) is 11.1 Å². The van der Waals surface area contributed by atoms with Crippen molar-refractivity contribution in [1.82, 2.24) is 0 Å². The van der Waals surface area contributed by atoms with Crippen LogP contribution in [-0.4, -0.2) is 6.54 Å². The Hall–Kier alpha value is -1.60. The average molecular weight is 237 g/mol. The van der Waals surface area contributed by atoms with E-state index in [9.17, 15) is 0 Å². The Balaban J connectivity index is 1.98. The number of benzene rings is 2. The van der Waals surface area contributed by atoms with Gasteiger partial charge in [-0.1, -0.05) is 55.0 Å². The third kappa shape index (κ3) is 1.85. The van der Waals surface area contributed by atoms with Gasteiger partial charge in [0.1, 0.15) is 0 Å². The minimum absolute atomic E-state index is 0.573. The van der Waals surface area contributed by atoms with Crippen LogP contribution >= 0.6 is 0 Å². The minimum atomic E-state index is 0.573. The highest BCUT2D eigenvalue weighted by Crippen LogP contribution is 2.46.